The molecule has 0 bridgehead atoms. The minimum atomic E-state index is 0. The number of nitrogens with one attached hydrogen (secondary N) is 1. The molecule has 0 fully saturated rings. The van der Waals surface area contributed by atoms with Crippen molar-refractivity contribution in [2.24, 2.45) is 0 Å². The first kappa shape index (κ1) is 11.6. The molecular formula is C3H8KNS2. The minimum absolute atomic E-state index is 0. The zero-order chi connectivity index (χ0) is 4.99. The Kier molecular flexibility index (Phi) is 13.1. The van der Waals surface area contributed by atoms with Crippen LogP contribution in [0.3, 0.4) is 0 Å². The van der Waals surface area contributed by atoms with Crippen LogP contribution in [-0.4, -0.2) is 17.6 Å². The Bertz CT molecular complexity index is 55.2. The molecule has 0 heterocycles. The van der Waals surface area contributed by atoms with E-state index < -0.39 is 0 Å². The van der Waals surface area contributed by atoms with Crippen LogP contribution in [0, 0.1) is 0 Å². The molecule has 7 heavy (non-hydrogen) atoms. The first-order valence-electron chi connectivity index (χ1n) is 1.57. The fourth-order valence-corrected chi connectivity index (χ4v) is 0.306. The zero-order valence-electron chi connectivity index (χ0n) is 5.82. The van der Waals surface area contributed by atoms with Crippen molar-refractivity contribution in [3.8, 4) is 0 Å². The van der Waals surface area contributed by atoms with Crippen LogP contribution in [0.5, 0.6) is 0 Å². The van der Waals surface area contributed by atoms with Crippen molar-refractivity contribution >= 4 is 28.3 Å². The van der Waals surface area contributed by atoms with Crippen LogP contribution < -0.4 is 56.7 Å². The summed E-state index contributed by atoms with van der Waals surface area (Å²) in [5.74, 6) is 0. The monoisotopic (exact) mass is 161 g/mol. The summed E-state index contributed by atoms with van der Waals surface area (Å²) in [4.78, 5) is 0. The number of rotatable bonds is 0. The molecule has 1 nitrogen and oxygen atoms in total. The van der Waals surface area contributed by atoms with Gasteiger partial charge in [-0.05, 0) is 6.26 Å². The predicted octanol–water partition coefficient (Wildman–Crippen LogP) is -2.03. The molecule has 0 saturated carbocycles. The van der Waals surface area contributed by atoms with Gasteiger partial charge in [0.05, 0.1) is 0 Å². The van der Waals surface area contributed by atoms with Gasteiger partial charge in [0.25, 0.3) is 0 Å². The van der Waals surface area contributed by atoms with Crippen molar-refractivity contribution < 1.29 is 52.8 Å². The van der Waals surface area contributed by atoms with E-state index in [-0.39, 0.29) is 52.8 Å². The van der Waals surface area contributed by atoms with Gasteiger partial charge in [-0.1, -0.05) is 12.2 Å². The topological polar surface area (TPSA) is 12.0 Å². The molecule has 1 N–H and O–H groups in total. The molecule has 0 atom stereocenters. The number of thiocarbonyl (C=S) groups is 1. The Labute approximate surface area is 97.9 Å². The van der Waals surface area contributed by atoms with Crippen LogP contribution in [-0.2, 0) is 0 Å². The summed E-state index contributed by atoms with van der Waals surface area (Å²) in [5.41, 5.74) is 0. The molecule has 0 aromatic heterocycles. The fourth-order valence-electron chi connectivity index (χ4n) is 0.102. The van der Waals surface area contributed by atoms with E-state index in [1.54, 1.807) is 11.8 Å². The molecule has 4 heteroatoms. The van der Waals surface area contributed by atoms with Gasteiger partial charge >= 0.3 is 51.4 Å². The molecule has 0 amide bonds. The van der Waals surface area contributed by atoms with E-state index in [4.69, 9.17) is 12.2 Å². The molecule has 0 rings (SSSR count). The normalized spacial score (nSPS) is 6.57. The Morgan fingerprint density at radius 1 is 1.86 bits per heavy atom. The van der Waals surface area contributed by atoms with Gasteiger partial charge in [0.2, 0.25) is 0 Å². The first-order valence-corrected chi connectivity index (χ1v) is 3.20. The van der Waals surface area contributed by atoms with Gasteiger partial charge in [0.1, 0.15) is 4.32 Å². The largest absolute Gasteiger partial charge is 1.00 e. The SMILES string of the molecule is CNC(=S)SC.[H-].[K+]. The van der Waals surface area contributed by atoms with E-state index in [2.05, 4.69) is 5.32 Å². The third kappa shape index (κ3) is 7.88. The summed E-state index contributed by atoms with van der Waals surface area (Å²) in [6, 6.07) is 0. The summed E-state index contributed by atoms with van der Waals surface area (Å²) in [6.45, 7) is 0. The number of thioether (sulfide) groups is 1. The molecule has 0 aliphatic rings. The van der Waals surface area contributed by atoms with Crippen molar-refractivity contribution in [1.82, 2.24) is 5.32 Å². The van der Waals surface area contributed by atoms with Crippen molar-refractivity contribution in [3.63, 3.8) is 0 Å². The molecule has 0 spiro atoms. The maximum absolute atomic E-state index is 4.71. The molecule has 0 saturated heterocycles. The van der Waals surface area contributed by atoms with Gasteiger partial charge < -0.3 is 6.74 Å². The fraction of sp³-hybridized carbons (Fsp3) is 0.667. The van der Waals surface area contributed by atoms with Crippen LogP contribution in [0.1, 0.15) is 1.43 Å². The molecule has 0 aliphatic heterocycles. The zero-order valence-corrected chi connectivity index (χ0v) is 9.57. The Hall–Kier alpha value is 1.88. The number of hydrogen-bond donors (Lipinski definition) is 1. The smallest absolute Gasteiger partial charge is 1.00 e. The predicted molar refractivity (Wildman–Crippen MR) is 36.3 cm³/mol. The second kappa shape index (κ2) is 7.88. The van der Waals surface area contributed by atoms with Crippen molar-refractivity contribution in [2.75, 3.05) is 13.3 Å². The van der Waals surface area contributed by atoms with Gasteiger partial charge in [-0.2, -0.15) is 0 Å². The molecule has 0 aromatic rings. The molecule has 0 aromatic carbocycles. The maximum Gasteiger partial charge on any atom is 1.00 e. The van der Waals surface area contributed by atoms with Crippen LogP contribution in [0.25, 0.3) is 0 Å². The van der Waals surface area contributed by atoms with E-state index in [0.29, 0.717) is 0 Å². The second-order valence-electron chi connectivity index (χ2n) is 0.742. The molecular weight excluding hydrogens is 153 g/mol. The Morgan fingerprint density at radius 3 is 2.29 bits per heavy atom. The molecule has 38 valence electrons. The van der Waals surface area contributed by atoms with Crippen LogP contribution in [0.2, 0.25) is 0 Å². The van der Waals surface area contributed by atoms with E-state index in [1.807, 2.05) is 13.3 Å². The molecule has 0 radical (unpaired) electrons. The van der Waals surface area contributed by atoms with Gasteiger partial charge in [-0.25, -0.2) is 0 Å². The van der Waals surface area contributed by atoms with E-state index in [0.717, 1.165) is 4.32 Å². The molecule has 0 unspecified atom stereocenters. The Balaban J connectivity index is -0.000000125. The third-order valence-electron chi connectivity index (χ3n) is 0.390. The summed E-state index contributed by atoms with van der Waals surface area (Å²) in [5, 5.41) is 2.81. The number of hydrogen-bond acceptors (Lipinski definition) is 2. The third-order valence-corrected chi connectivity index (χ3v) is 1.67. The van der Waals surface area contributed by atoms with Gasteiger partial charge in [0, 0.05) is 7.05 Å². The minimum Gasteiger partial charge on any atom is -1.00 e. The summed E-state index contributed by atoms with van der Waals surface area (Å²) < 4.78 is 0.843. The van der Waals surface area contributed by atoms with Crippen molar-refractivity contribution in [1.29, 1.82) is 0 Å². The quantitative estimate of drug-likeness (QED) is 0.325. The van der Waals surface area contributed by atoms with E-state index in [1.165, 1.54) is 0 Å². The maximum atomic E-state index is 4.71. The van der Waals surface area contributed by atoms with Crippen molar-refractivity contribution in [3.05, 3.63) is 0 Å². The van der Waals surface area contributed by atoms with Crippen LogP contribution in [0.15, 0.2) is 0 Å². The van der Waals surface area contributed by atoms with Gasteiger partial charge in [-0.3, -0.25) is 0 Å². The van der Waals surface area contributed by atoms with E-state index >= 15 is 0 Å². The van der Waals surface area contributed by atoms with Crippen LogP contribution >= 0.6 is 24.0 Å². The average Bonchev–Trinajstić information content (AvgIpc) is 1.65. The summed E-state index contributed by atoms with van der Waals surface area (Å²) >= 11 is 6.25. The van der Waals surface area contributed by atoms with Crippen molar-refractivity contribution in [2.45, 2.75) is 0 Å². The average molecular weight is 161 g/mol. The van der Waals surface area contributed by atoms with Gasteiger partial charge in [0.15, 0.2) is 0 Å². The second-order valence-corrected chi connectivity index (χ2v) is 2.22. The van der Waals surface area contributed by atoms with Gasteiger partial charge in [-0.15, -0.1) is 11.8 Å². The molecule has 0 aliphatic carbocycles. The summed E-state index contributed by atoms with van der Waals surface area (Å²) in [6.07, 6.45) is 1.94. The van der Waals surface area contributed by atoms with Crippen LogP contribution in [0.4, 0.5) is 0 Å². The van der Waals surface area contributed by atoms with E-state index in [9.17, 15) is 0 Å². The standard InChI is InChI=1S/C3H7NS2.K.H/c1-4-3(5)6-2;;/h1-2H3,(H,4,5);;/q;+1;-1. The summed E-state index contributed by atoms with van der Waals surface area (Å²) in [7, 11) is 1.82. The Morgan fingerprint density at radius 2 is 2.29 bits per heavy atom. The first-order chi connectivity index (χ1) is 2.81.